The lowest BCUT2D eigenvalue weighted by Gasteiger charge is -2.02. The van der Waals surface area contributed by atoms with E-state index in [0.717, 1.165) is 0 Å². The summed E-state index contributed by atoms with van der Waals surface area (Å²) in [5.74, 6) is 0.988. The highest BCUT2D eigenvalue weighted by Gasteiger charge is 2.13. The van der Waals surface area contributed by atoms with E-state index in [0.29, 0.717) is 28.3 Å². The number of imidazole rings is 1. The number of fused-ring (bicyclic) bond motifs is 1. The van der Waals surface area contributed by atoms with Crippen LogP contribution in [0.15, 0.2) is 12.1 Å². The third-order valence-electron chi connectivity index (χ3n) is 2.36. The highest BCUT2D eigenvalue weighted by molar-refractivity contribution is 5.89. The SMILES string of the molecule is COc1ccc(C#N)c2c1nc(N)n2C. The summed E-state index contributed by atoms with van der Waals surface area (Å²) in [4.78, 5) is 4.16. The Labute approximate surface area is 86.7 Å². The van der Waals surface area contributed by atoms with Gasteiger partial charge in [0, 0.05) is 7.05 Å². The molecule has 0 aliphatic carbocycles. The first kappa shape index (κ1) is 9.34. The molecule has 0 radical (unpaired) electrons. The number of hydrogen-bond acceptors (Lipinski definition) is 4. The number of methoxy groups -OCH3 is 1. The average molecular weight is 202 g/mol. The molecule has 1 aromatic heterocycles. The number of hydrogen-bond donors (Lipinski definition) is 1. The molecule has 2 N–H and O–H groups in total. The number of ether oxygens (including phenoxy) is 1. The number of rotatable bonds is 1. The van der Waals surface area contributed by atoms with E-state index in [1.165, 1.54) is 0 Å². The van der Waals surface area contributed by atoms with Crippen LogP contribution in [0.3, 0.4) is 0 Å². The molecule has 5 heteroatoms. The van der Waals surface area contributed by atoms with Crippen LogP contribution in [0.4, 0.5) is 5.95 Å². The number of nitriles is 1. The fourth-order valence-corrected chi connectivity index (χ4v) is 1.57. The van der Waals surface area contributed by atoms with Crippen molar-refractivity contribution in [1.82, 2.24) is 9.55 Å². The van der Waals surface area contributed by atoms with Crippen molar-refractivity contribution in [2.45, 2.75) is 0 Å². The number of nitrogens with zero attached hydrogens (tertiary/aromatic N) is 3. The van der Waals surface area contributed by atoms with Gasteiger partial charge in [0.2, 0.25) is 5.95 Å². The van der Waals surface area contributed by atoms with Gasteiger partial charge in [-0.2, -0.15) is 5.26 Å². The number of anilines is 1. The fraction of sp³-hybridized carbons (Fsp3) is 0.200. The largest absolute Gasteiger partial charge is 0.494 e. The molecular formula is C10H10N4O. The zero-order valence-corrected chi connectivity index (χ0v) is 8.48. The Morgan fingerprint density at radius 3 is 2.87 bits per heavy atom. The monoisotopic (exact) mass is 202 g/mol. The number of aromatic nitrogens is 2. The third kappa shape index (κ3) is 1.19. The molecule has 1 heterocycles. The van der Waals surface area contributed by atoms with E-state index < -0.39 is 0 Å². The second-order valence-corrected chi connectivity index (χ2v) is 3.15. The van der Waals surface area contributed by atoms with Gasteiger partial charge < -0.3 is 15.0 Å². The Bertz CT molecular complexity index is 565. The maximum atomic E-state index is 8.96. The first-order chi connectivity index (χ1) is 7.19. The lowest BCUT2D eigenvalue weighted by molar-refractivity contribution is 0.419. The highest BCUT2D eigenvalue weighted by atomic mass is 16.5. The Morgan fingerprint density at radius 1 is 1.53 bits per heavy atom. The predicted octanol–water partition coefficient (Wildman–Crippen LogP) is 1.04. The molecular weight excluding hydrogens is 192 g/mol. The lowest BCUT2D eigenvalue weighted by atomic mass is 10.2. The first-order valence-electron chi connectivity index (χ1n) is 4.38. The average Bonchev–Trinajstić information content (AvgIpc) is 2.55. The molecule has 0 atom stereocenters. The van der Waals surface area contributed by atoms with Crippen molar-refractivity contribution in [1.29, 1.82) is 5.26 Å². The second kappa shape index (κ2) is 3.17. The molecule has 0 saturated heterocycles. The van der Waals surface area contributed by atoms with Crippen LogP contribution in [0.2, 0.25) is 0 Å². The van der Waals surface area contributed by atoms with Crippen LogP contribution in [0.5, 0.6) is 5.75 Å². The summed E-state index contributed by atoms with van der Waals surface area (Å²) in [6, 6.07) is 5.52. The number of benzene rings is 1. The molecule has 0 amide bonds. The van der Waals surface area contributed by atoms with E-state index in [2.05, 4.69) is 11.1 Å². The normalized spacial score (nSPS) is 10.2. The van der Waals surface area contributed by atoms with Crippen LogP contribution in [0.25, 0.3) is 11.0 Å². The summed E-state index contributed by atoms with van der Waals surface area (Å²) in [6.45, 7) is 0. The van der Waals surface area contributed by atoms with Crippen molar-refractivity contribution in [3.63, 3.8) is 0 Å². The van der Waals surface area contributed by atoms with E-state index in [1.54, 1.807) is 30.9 Å². The van der Waals surface area contributed by atoms with Gasteiger partial charge in [0.15, 0.2) is 0 Å². The Morgan fingerprint density at radius 2 is 2.27 bits per heavy atom. The number of aryl methyl sites for hydroxylation is 1. The lowest BCUT2D eigenvalue weighted by Crippen LogP contribution is -1.97. The van der Waals surface area contributed by atoms with E-state index in [9.17, 15) is 0 Å². The van der Waals surface area contributed by atoms with Crippen LogP contribution >= 0.6 is 0 Å². The molecule has 2 aromatic rings. The predicted molar refractivity (Wildman–Crippen MR) is 56.4 cm³/mol. The quantitative estimate of drug-likeness (QED) is 0.749. The Kier molecular flexibility index (Phi) is 1.97. The van der Waals surface area contributed by atoms with Crippen molar-refractivity contribution in [3.8, 4) is 11.8 Å². The Hall–Kier alpha value is -2.22. The maximum absolute atomic E-state index is 8.96. The fourth-order valence-electron chi connectivity index (χ4n) is 1.57. The van der Waals surface area contributed by atoms with Gasteiger partial charge in [-0.05, 0) is 12.1 Å². The molecule has 76 valence electrons. The minimum Gasteiger partial charge on any atom is -0.494 e. The molecule has 0 aliphatic rings. The van der Waals surface area contributed by atoms with Crippen LogP contribution in [0, 0.1) is 11.3 Å². The summed E-state index contributed by atoms with van der Waals surface area (Å²) in [5.41, 5.74) is 7.55. The van der Waals surface area contributed by atoms with Gasteiger partial charge in [-0.15, -0.1) is 0 Å². The first-order valence-corrected chi connectivity index (χ1v) is 4.38. The third-order valence-corrected chi connectivity index (χ3v) is 2.36. The summed E-state index contributed by atoms with van der Waals surface area (Å²) < 4.78 is 6.83. The van der Waals surface area contributed by atoms with Gasteiger partial charge >= 0.3 is 0 Å². The van der Waals surface area contributed by atoms with E-state index in [-0.39, 0.29) is 0 Å². The summed E-state index contributed by atoms with van der Waals surface area (Å²) in [6.07, 6.45) is 0. The van der Waals surface area contributed by atoms with Gasteiger partial charge in [0.1, 0.15) is 17.3 Å². The van der Waals surface area contributed by atoms with Crippen LogP contribution in [-0.2, 0) is 7.05 Å². The van der Waals surface area contributed by atoms with Gasteiger partial charge in [-0.1, -0.05) is 0 Å². The second-order valence-electron chi connectivity index (χ2n) is 3.15. The van der Waals surface area contributed by atoms with Crippen molar-refractivity contribution in [2.24, 2.45) is 7.05 Å². The zero-order chi connectivity index (χ0) is 11.0. The van der Waals surface area contributed by atoms with Gasteiger partial charge in [-0.25, -0.2) is 4.98 Å². The van der Waals surface area contributed by atoms with Crippen molar-refractivity contribution in [3.05, 3.63) is 17.7 Å². The molecule has 0 unspecified atom stereocenters. The maximum Gasteiger partial charge on any atom is 0.201 e. The molecule has 0 fully saturated rings. The van der Waals surface area contributed by atoms with Gasteiger partial charge in [-0.3, -0.25) is 0 Å². The van der Waals surface area contributed by atoms with Crippen LogP contribution in [0.1, 0.15) is 5.56 Å². The van der Waals surface area contributed by atoms with E-state index in [4.69, 9.17) is 15.7 Å². The van der Waals surface area contributed by atoms with Crippen LogP contribution in [-0.4, -0.2) is 16.7 Å². The number of nitrogens with two attached hydrogens (primary N) is 1. The summed E-state index contributed by atoms with van der Waals surface area (Å²) in [5, 5.41) is 8.96. The van der Waals surface area contributed by atoms with Gasteiger partial charge in [0.05, 0.1) is 18.2 Å². The van der Waals surface area contributed by atoms with E-state index in [1.807, 2.05) is 0 Å². The number of nitrogen functional groups attached to an aromatic ring is 1. The van der Waals surface area contributed by atoms with Crippen molar-refractivity contribution in [2.75, 3.05) is 12.8 Å². The van der Waals surface area contributed by atoms with Crippen LogP contribution < -0.4 is 10.5 Å². The van der Waals surface area contributed by atoms with Gasteiger partial charge in [0.25, 0.3) is 0 Å². The topological polar surface area (TPSA) is 76.9 Å². The molecule has 5 nitrogen and oxygen atoms in total. The van der Waals surface area contributed by atoms with E-state index >= 15 is 0 Å². The summed E-state index contributed by atoms with van der Waals surface area (Å²) >= 11 is 0. The standard InChI is InChI=1S/C10H10N4O/c1-14-9-6(5-11)3-4-7(15-2)8(9)13-10(14)12/h3-4H,1-2H3,(H2,12,13). The molecule has 2 rings (SSSR count). The Balaban J connectivity index is 2.94. The molecule has 0 spiro atoms. The molecule has 15 heavy (non-hydrogen) atoms. The highest BCUT2D eigenvalue weighted by Crippen LogP contribution is 2.28. The zero-order valence-electron chi connectivity index (χ0n) is 8.48. The molecule has 1 aromatic carbocycles. The van der Waals surface area contributed by atoms with Crippen molar-refractivity contribution >= 4 is 17.0 Å². The molecule has 0 saturated carbocycles. The smallest absolute Gasteiger partial charge is 0.201 e. The summed E-state index contributed by atoms with van der Waals surface area (Å²) in [7, 11) is 3.33. The minimum absolute atomic E-state index is 0.367. The molecule has 0 aliphatic heterocycles. The van der Waals surface area contributed by atoms with Crippen molar-refractivity contribution < 1.29 is 4.74 Å². The minimum atomic E-state index is 0.367. The molecule has 0 bridgehead atoms.